The first kappa shape index (κ1) is 17.8. The van der Waals surface area contributed by atoms with Crippen molar-refractivity contribution in [1.29, 1.82) is 0 Å². The Balaban J connectivity index is 2.26. The van der Waals surface area contributed by atoms with Crippen molar-refractivity contribution in [3.05, 3.63) is 23.8 Å². The molecule has 0 unspecified atom stereocenters. The highest BCUT2D eigenvalue weighted by Gasteiger charge is 2.20. The Morgan fingerprint density at radius 3 is 2.52 bits per heavy atom. The van der Waals surface area contributed by atoms with Crippen LogP contribution < -0.4 is 4.90 Å². The molecule has 0 amide bonds. The van der Waals surface area contributed by atoms with Gasteiger partial charge >= 0.3 is 5.97 Å². The predicted octanol–water partition coefficient (Wildman–Crippen LogP) is 4.92. The zero-order chi connectivity index (χ0) is 16.7. The summed E-state index contributed by atoms with van der Waals surface area (Å²) >= 11 is 5.69. The van der Waals surface area contributed by atoms with Crippen LogP contribution in [0.1, 0.15) is 55.3 Å². The van der Waals surface area contributed by atoms with E-state index < -0.39 is 0 Å². The van der Waals surface area contributed by atoms with Crippen LogP contribution in [0.3, 0.4) is 0 Å². The second kappa shape index (κ2) is 8.92. The molecular weight excluding hydrogens is 312 g/mol. The van der Waals surface area contributed by atoms with Gasteiger partial charge in [-0.1, -0.05) is 43.7 Å². The van der Waals surface area contributed by atoms with Crippen LogP contribution >= 0.6 is 11.6 Å². The van der Waals surface area contributed by atoms with Crippen molar-refractivity contribution in [3.8, 4) is 0 Å². The minimum absolute atomic E-state index is 0.365. The van der Waals surface area contributed by atoms with E-state index in [1.807, 2.05) is 6.07 Å². The van der Waals surface area contributed by atoms with Gasteiger partial charge in [-0.2, -0.15) is 0 Å². The molecule has 1 aromatic rings. The minimum Gasteiger partial charge on any atom is -0.465 e. The Kier molecular flexibility index (Phi) is 6.90. The number of hydrogen-bond acceptors (Lipinski definition) is 4. The van der Waals surface area contributed by atoms with E-state index in [0.717, 1.165) is 5.69 Å². The van der Waals surface area contributed by atoms with Gasteiger partial charge in [0.25, 0.3) is 0 Å². The van der Waals surface area contributed by atoms with Crippen molar-refractivity contribution >= 4 is 34.6 Å². The third-order valence-electron chi connectivity index (χ3n) is 4.59. The zero-order valence-corrected chi connectivity index (χ0v) is 14.7. The van der Waals surface area contributed by atoms with E-state index in [4.69, 9.17) is 16.3 Å². The number of methoxy groups -OCH3 is 1. The molecule has 0 atom stereocenters. The molecule has 0 radical (unpaired) electrons. The van der Waals surface area contributed by atoms with Gasteiger partial charge in [-0.05, 0) is 31.0 Å². The molecule has 0 saturated heterocycles. The molecule has 1 fully saturated rings. The maximum absolute atomic E-state index is 11.7. The summed E-state index contributed by atoms with van der Waals surface area (Å²) in [5, 5.41) is 0. The van der Waals surface area contributed by atoms with Crippen molar-refractivity contribution < 1.29 is 9.53 Å². The molecule has 1 aromatic carbocycles. The van der Waals surface area contributed by atoms with E-state index in [1.165, 1.54) is 57.7 Å². The monoisotopic (exact) mass is 336 g/mol. The van der Waals surface area contributed by atoms with Crippen LogP contribution in [0.4, 0.5) is 11.4 Å². The Hall–Kier alpha value is -1.55. The standard InChI is InChI=1S/C18H25ClN2O2/c1-21(15-8-6-4-3-5-7-9-15)17-11-10-14(18(22)23-2)12-16(17)20-13-19/h10-13,15H,3-9H2,1-2H3. The third-order valence-corrected chi connectivity index (χ3v) is 4.68. The SMILES string of the molecule is COC(=O)c1ccc(N(C)C2CCCCCCC2)c(N=CCl)c1. The fourth-order valence-corrected chi connectivity index (χ4v) is 3.35. The number of halogens is 1. The van der Waals surface area contributed by atoms with E-state index in [1.54, 1.807) is 12.1 Å². The first-order chi connectivity index (χ1) is 11.2. The van der Waals surface area contributed by atoms with Gasteiger partial charge in [0.2, 0.25) is 0 Å². The van der Waals surface area contributed by atoms with Crippen LogP contribution in [0.15, 0.2) is 23.2 Å². The van der Waals surface area contributed by atoms with Crippen LogP contribution in [-0.4, -0.2) is 31.8 Å². The molecule has 4 nitrogen and oxygen atoms in total. The lowest BCUT2D eigenvalue weighted by molar-refractivity contribution is 0.0601. The van der Waals surface area contributed by atoms with E-state index in [0.29, 0.717) is 17.3 Å². The van der Waals surface area contributed by atoms with Crippen LogP contribution in [-0.2, 0) is 4.74 Å². The zero-order valence-electron chi connectivity index (χ0n) is 13.9. The van der Waals surface area contributed by atoms with Gasteiger partial charge in [0.1, 0.15) is 0 Å². The molecule has 23 heavy (non-hydrogen) atoms. The van der Waals surface area contributed by atoms with E-state index in [9.17, 15) is 4.79 Å². The van der Waals surface area contributed by atoms with E-state index >= 15 is 0 Å². The number of ether oxygens (including phenoxy) is 1. The average molecular weight is 337 g/mol. The summed E-state index contributed by atoms with van der Waals surface area (Å²) in [4.78, 5) is 18.2. The molecule has 0 heterocycles. The van der Waals surface area contributed by atoms with Crippen LogP contribution in [0.25, 0.3) is 0 Å². The molecule has 0 aliphatic heterocycles. The summed E-state index contributed by atoms with van der Waals surface area (Å²) in [5.41, 5.74) is 3.43. The number of aliphatic imine (C=N–C) groups is 1. The molecule has 0 N–H and O–H groups in total. The maximum atomic E-state index is 11.7. The number of carbonyl (C=O) groups excluding carboxylic acids is 1. The highest BCUT2D eigenvalue weighted by molar-refractivity contribution is 6.56. The van der Waals surface area contributed by atoms with Gasteiger partial charge in [-0.25, -0.2) is 9.79 Å². The molecule has 0 spiro atoms. The number of anilines is 1. The maximum Gasteiger partial charge on any atom is 0.337 e. The molecule has 1 aliphatic rings. The summed E-state index contributed by atoms with van der Waals surface area (Å²) in [5.74, 6) is -0.365. The summed E-state index contributed by atoms with van der Waals surface area (Å²) in [6, 6.07) is 5.96. The molecular formula is C18H25ClN2O2. The summed E-state index contributed by atoms with van der Waals surface area (Å²) < 4.78 is 4.78. The van der Waals surface area contributed by atoms with E-state index in [-0.39, 0.29) is 5.97 Å². The minimum atomic E-state index is -0.365. The van der Waals surface area contributed by atoms with Gasteiger partial charge in [-0.3, -0.25) is 0 Å². The normalized spacial score (nSPS) is 16.8. The van der Waals surface area contributed by atoms with Crippen molar-refractivity contribution in [2.24, 2.45) is 4.99 Å². The lowest BCUT2D eigenvalue weighted by atomic mass is 9.95. The molecule has 1 aliphatic carbocycles. The summed E-state index contributed by atoms with van der Waals surface area (Å²) in [7, 11) is 3.48. The van der Waals surface area contributed by atoms with Gasteiger partial charge in [0, 0.05) is 13.1 Å². The number of carbonyl (C=O) groups is 1. The average Bonchev–Trinajstić information content (AvgIpc) is 2.53. The Morgan fingerprint density at radius 2 is 1.91 bits per heavy atom. The van der Waals surface area contributed by atoms with Gasteiger partial charge < -0.3 is 9.64 Å². The number of esters is 1. The van der Waals surface area contributed by atoms with Crippen molar-refractivity contribution in [2.75, 3.05) is 19.1 Å². The molecule has 2 rings (SSSR count). The topological polar surface area (TPSA) is 41.9 Å². The molecule has 126 valence electrons. The first-order valence-electron chi connectivity index (χ1n) is 8.25. The van der Waals surface area contributed by atoms with Crippen molar-refractivity contribution in [2.45, 2.75) is 51.0 Å². The fraction of sp³-hybridized carbons (Fsp3) is 0.556. The number of rotatable bonds is 4. The quantitative estimate of drug-likeness (QED) is 0.578. The molecule has 0 aromatic heterocycles. The Morgan fingerprint density at radius 1 is 1.26 bits per heavy atom. The molecule has 0 bridgehead atoms. The van der Waals surface area contributed by atoms with Crippen LogP contribution in [0.5, 0.6) is 0 Å². The summed E-state index contributed by atoms with van der Waals surface area (Å²) in [6.45, 7) is 0. The van der Waals surface area contributed by atoms with Gasteiger partial charge in [0.15, 0.2) is 0 Å². The predicted molar refractivity (Wildman–Crippen MR) is 96.3 cm³/mol. The first-order valence-corrected chi connectivity index (χ1v) is 8.69. The largest absolute Gasteiger partial charge is 0.465 e. The molecule has 1 saturated carbocycles. The van der Waals surface area contributed by atoms with Crippen molar-refractivity contribution in [3.63, 3.8) is 0 Å². The summed E-state index contributed by atoms with van der Waals surface area (Å²) in [6.07, 6.45) is 8.91. The Bertz CT molecular complexity index is 552. The van der Waals surface area contributed by atoms with Gasteiger partial charge in [-0.15, -0.1) is 0 Å². The van der Waals surface area contributed by atoms with Crippen molar-refractivity contribution in [1.82, 2.24) is 0 Å². The van der Waals surface area contributed by atoms with Crippen LogP contribution in [0.2, 0.25) is 0 Å². The fourth-order valence-electron chi connectivity index (χ4n) is 3.24. The highest BCUT2D eigenvalue weighted by Crippen LogP contribution is 2.33. The number of benzene rings is 1. The lowest BCUT2D eigenvalue weighted by Gasteiger charge is -2.32. The van der Waals surface area contributed by atoms with Crippen LogP contribution in [0, 0.1) is 0 Å². The highest BCUT2D eigenvalue weighted by atomic mass is 35.5. The number of hydrogen-bond donors (Lipinski definition) is 0. The second-order valence-corrected chi connectivity index (χ2v) is 6.23. The molecule has 5 heteroatoms. The lowest BCUT2D eigenvalue weighted by Crippen LogP contribution is -2.32. The van der Waals surface area contributed by atoms with Gasteiger partial charge in [0.05, 0.1) is 29.7 Å². The van der Waals surface area contributed by atoms with E-state index in [2.05, 4.69) is 16.9 Å². The smallest absolute Gasteiger partial charge is 0.337 e. The number of nitrogens with zero attached hydrogens (tertiary/aromatic N) is 2. The Labute approximate surface area is 143 Å². The second-order valence-electron chi connectivity index (χ2n) is 6.03. The third kappa shape index (κ3) is 4.71.